The molecule has 0 fully saturated rings. The van der Waals surface area contributed by atoms with Crippen LogP contribution >= 0.6 is 0 Å². The van der Waals surface area contributed by atoms with Crippen LogP contribution in [0.15, 0.2) is 36.5 Å². The number of hydrogen-bond acceptors (Lipinski definition) is 3. The van der Waals surface area contributed by atoms with E-state index in [1.165, 1.54) is 11.1 Å². The van der Waals surface area contributed by atoms with Gasteiger partial charge in [-0.1, -0.05) is 12.1 Å². The molecule has 19 heavy (non-hydrogen) atoms. The van der Waals surface area contributed by atoms with Crippen LogP contribution < -0.4 is 5.73 Å². The van der Waals surface area contributed by atoms with Crippen LogP contribution in [0.25, 0.3) is 22.4 Å². The van der Waals surface area contributed by atoms with Gasteiger partial charge in [0.05, 0.1) is 16.7 Å². The Bertz CT molecular complexity index is 743. The molecule has 1 aromatic carbocycles. The highest BCUT2D eigenvalue weighted by molar-refractivity contribution is 5.83. The average molecular weight is 252 g/mol. The maximum atomic E-state index is 5.64. The second-order valence-corrected chi connectivity index (χ2v) is 4.68. The van der Waals surface area contributed by atoms with Crippen molar-refractivity contribution in [3.05, 3.63) is 47.8 Å². The van der Waals surface area contributed by atoms with Gasteiger partial charge in [-0.05, 0) is 30.7 Å². The predicted molar refractivity (Wildman–Crippen MR) is 76.6 cm³/mol. The highest BCUT2D eigenvalue weighted by atomic mass is 15.1. The van der Waals surface area contributed by atoms with Crippen molar-refractivity contribution in [2.75, 3.05) is 0 Å². The van der Waals surface area contributed by atoms with Gasteiger partial charge in [-0.2, -0.15) is 0 Å². The smallest absolute Gasteiger partial charge is 0.140 e. The Morgan fingerprint density at radius 3 is 2.84 bits per heavy atom. The normalized spacial score (nSPS) is 11.1. The van der Waals surface area contributed by atoms with Crippen molar-refractivity contribution in [1.29, 1.82) is 0 Å². The molecule has 3 rings (SSSR count). The van der Waals surface area contributed by atoms with E-state index in [-0.39, 0.29) is 0 Å². The highest BCUT2D eigenvalue weighted by Gasteiger charge is 2.11. The lowest BCUT2D eigenvalue weighted by Crippen LogP contribution is -2.00. The van der Waals surface area contributed by atoms with Gasteiger partial charge < -0.3 is 10.3 Å². The van der Waals surface area contributed by atoms with Crippen molar-refractivity contribution < 1.29 is 0 Å². The predicted octanol–water partition coefficient (Wildman–Crippen LogP) is 2.40. The van der Waals surface area contributed by atoms with Crippen molar-refractivity contribution in [3.63, 3.8) is 0 Å². The van der Waals surface area contributed by atoms with E-state index in [1.54, 1.807) is 6.20 Å². The number of benzene rings is 1. The van der Waals surface area contributed by atoms with Crippen LogP contribution in [-0.4, -0.2) is 14.5 Å². The van der Waals surface area contributed by atoms with E-state index in [4.69, 9.17) is 10.7 Å². The van der Waals surface area contributed by atoms with Crippen LogP contribution in [-0.2, 0) is 13.6 Å². The van der Waals surface area contributed by atoms with E-state index in [1.807, 2.05) is 31.3 Å². The molecule has 0 aliphatic rings. The Labute approximate surface area is 111 Å². The van der Waals surface area contributed by atoms with E-state index in [0.29, 0.717) is 6.54 Å². The van der Waals surface area contributed by atoms with E-state index in [9.17, 15) is 0 Å². The zero-order valence-electron chi connectivity index (χ0n) is 11.1. The van der Waals surface area contributed by atoms with E-state index >= 15 is 0 Å². The molecule has 0 saturated carbocycles. The lowest BCUT2D eigenvalue weighted by molar-refractivity contribution is 0.947. The molecule has 0 atom stereocenters. The molecule has 0 radical (unpaired) electrons. The number of imidazole rings is 1. The molecule has 0 saturated heterocycles. The summed E-state index contributed by atoms with van der Waals surface area (Å²) in [7, 11) is 2.04. The van der Waals surface area contributed by atoms with Crippen molar-refractivity contribution in [2.45, 2.75) is 13.5 Å². The summed E-state index contributed by atoms with van der Waals surface area (Å²) < 4.78 is 2.13. The fourth-order valence-electron chi connectivity index (χ4n) is 2.45. The summed E-state index contributed by atoms with van der Waals surface area (Å²) >= 11 is 0. The van der Waals surface area contributed by atoms with Crippen LogP contribution in [0.5, 0.6) is 0 Å². The molecule has 4 heteroatoms. The molecule has 0 spiro atoms. The van der Waals surface area contributed by atoms with Gasteiger partial charge in [0.25, 0.3) is 0 Å². The molecule has 2 heterocycles. The number of para-hydroxylation sites is 1. The van der Waals surface area contributed by atoms with E-state index < -0.39 is 0 Å². The third-order valence-corrected chi connectivity index (χ3v) is 3.38. The summed E-state index contributed by atoms with van der Waals surface area (Å²) in [4.78, 5) is 8.94. The van der Waals surface area contributed by atoms with Gasteiger partial charge >= 0.3 is 0 Å². The van der Waals surface area contributed by atoms with Gasteiger partial charge in [-0.3, -0.25) is 4.98 Å². The Hall–Kier alpha value is -2.20. The Kier molecular flexibility index (Phi) is 2.80. The second kappa shape index (κ2) is 4.48. The molecule has 3 aromatic rings. The molecule has 0 bridgehead atoms. The Balaban J connectivity index is 2.25. The number of hydrogen-bond donors (Lipinski definition) is 1. The number of nitrogens with zero attached hydrogens (tertiary/aromatic N) is 3. The molecular weight excluding hydrogens is 236 g/mol. The van der Waals surface area contributed by atoms with E-state index in [2.05, 4.69) is 22.5 Å². The number of aromatic nitrogens is 3. The van der Waals surface area contributed by atoms with Crippen LogP contribution in [0.4, 0.5) is 0 Å². The SMILES string of the molecule is Cc1cccc2nc(-c3ccnc(CN)c3)n(C)c12. The topological polar surface area (TPSA) is 56.7 Å². The summed E-state index contributed by atoms with van der Waals surface area (Å²) in [6, 6.07) is 10.1. The van der Waals surface area contributed by atoms with Crippen molar-refractivity contribution in [3.8, 4) is 11.4 Å². The maximum absolute atomic E-state index is 5.64. The molecular formula is C15H16N4. The van der Waals surface area contributed by atoms with Crippen LogP contribution in [0.3, 0.4) is 0 Å². The van der Waals surface area contributed by atoms with Crippen LogP contribution in [0, 0.1) is 6.92 Å². The van der Waals surface area contributed by atoms with Crippen molar-refractivity contribution in [2.24, 2.45) is 12.8 Å². The first-order valence-corrected chi connectivity index (χ1v) is 6.28. The van der Waals surface area contributed by atoms with E-state index in [0.717, 1.165) is 22.6 Å². The zero-order valence-corrected chi connectivity index (χ0v) is 11.1. The first-order valence-electron chi connectivity index (χ1n) is 6.28. The molecule has 4 nitrogen and oxygen atoms in total. The monoisotopic (exact) mass is 252 g/mol. The number of aryl methyl sites for hydroxylation is 2. The van der Waals surface area contributed by atoms with Crippen molar-refractivity contribution in [1.82, 2.24) is 14.5 Å². The fourth-order valence-corrected chi connectivity index (χ4v) is 2.45. The van der Waals surface area contributed by atoms with Gasteiger partial charge in [-0.25, -0.2) is 4.98 Å². The zero-order chi connectivity index (χ0) is 13.4. The Morgan fingerprint density at radius 1 is 1.26 bits per heavy atom. The third kappa shape index (κ3) is 1.90. The average Bonchev–Trinajstić information content (AvgIpc) is 2.77. The minimum atomic E-state index is 0.441. The largest absolute Gasteiger partial charge is 0.327 e. The van der Waals surface area contributed by atoms with Gasteiger partial charge in [-0.15, -0.1) is 0 Å². The molecule has 0 amide bonds. The van der Waals surface area contributed by atoms with Gasteiger partial charge in [0.15, 0.2) is 0 Å². The summed E-state index contributed by atoms with van der Waals surface area (Å²) in [6.07, 6.45) is 1.78. The molecule has 2 aromatic heterocycles. The lowest BCUT2D eigenvalue weighted by Gasteiger charge is -2.05. The second-order valence-electron chi connectivity index (χ2n) is 4.68. The fraction of sp³-hybridized carbons (Fsp3) is 0.200. The minimum absolute atomic E-state index is 0.441. The van der Waals surface area contributed by atoms with Gasteiger partial charge in [0.2, 0.25) is 0 Å². The lowest BCUT2D eigenvalue weighted by atomic mass is 10.2. The van der Waals surface area contributed by atoms with Crippen LogP contribution in [0.2, 0.25) is 0 Å². The Morgan fingerprint density at radius 2 is 2.11 bits per heavy atom. The molecule has 2 N–H and O–H groups in total. The quantitative estimate of drug-likeness (QED) is 0.762. The first-order chi connectivity index (χ1) is 9.20. The van der Waals surface area contributed by atoms with Crippen LogP contribution in [0.1, 0.15) is 11.3 Å². The standard InChI is InChI=1S/C15H16N4/c1-10-4-3-5-13-14(10)19(2)15(18-13)11-6-7-17-12(8-11)9-16/h3-8H,9,16H2,1-2H3. The molecule has 0 unspecified atom stereocenters. The maximum Gasteiger partial charge on any atom is 0.140 e. The summed E-state index contributed by atoms with van der Waals surface area (Å²) in [5.74, 6) is 0.946. The third-order valence-electron chi connectivity index (χ3n) is 3.38. The van der Waals surface area contributed by atoms with Crippen molar-refractivity contribution >= 4 is 11.0 Å². The number of nitrogens with two attached hydrogens (primary N) is 1. The minimum Gasteiger partial charge on any atom is -0.327 e. The van der Waals surface area contributed by atoms with Gasteiger partial charge in [0, 0.05) is 25.4 Å². The first kappa shape index (κ1) is 11.9. The summed E-state index contributed by atoms with van der Waals surface area (Å²) in [5, 5.41) is 0. The number of pyridine rings is 1. The van der Waals surface area contributed by atoms with Gasteiger partial charge in [0.1, 0.15) is 5.82 Å². The number of fused-ring (bicyclic) bond motifs is 1. The highest BCUT2D eigenvalue weighted by Crippen LogP contribution is 2.25. The summed E-state index contributed by atoms with van der Waals surface area (Å²) in [5.41, 5.74) is 11.0. The molecule has 0 aliphatic carbocycles. The molecule has 96 valence electrons. The summed E-state index contributed by atoms with van der Waals surface area (Å²) in [6.45, 7) is 2.54. The molecule has 0 aliphatic heterocycles. The number of rotatable bonds is 2.